The molecule has 10 rings (SSSR count). The summed E-state index contributed by atoms with van der Waals surface area (Å²) in [7, 11) is 0. The standard InChI is InChI=1S/C44H30N4O/c45-40(28-13-3-1-4-14-28)44-41(36-25-29-15-7-8-16-30(29)26-39(36)49-44)46-27-47-37-21-11-9-19-32(37)34-23-24-35-33-20-10-12-22-38(33)48(43(35)42(34)47)31-17-5-2-6-18-31/h1-26H,27,45H2/b44-40+,46-41-. The number of nitrogens with two attached hydrogens (primary N) is 1. The smallest absolute Gasteiger partial charge is 0.176 e. The predicted octanol–water partition coefficient (Wildman–Crippen LogP) is 10.2. The first kappa shape index (κ1) is 27.5. The maximum atomic E-state index is 6.89. The lowest BCUT2D eigenvalue weighted by Gasteiger charge is -2.12. The van der Waals surface area contributed by atoms with Crippen LogP contribution in [0.15, 0.2) is 168 Å². The summed E-state index contributed by atoms with van der Waals surface area (Å²) in [6, 6.07) is 55.0. The maximum absolute atomic E-state index is 6.89. The molecule has 7 aromatic carbocycles. The van der Waals surface area contributed by atoms with Crippen LogP contribution in [0.25, 0.3) is 65.8 Å². The van der Waals surface area contributed by atoms with E-state index in [4.69, 9.17) is 15.5 Å². The van der Waals surface area contributed by atoms with Crippen LogP contribution < -0.4 is 10.5 Å². The van der Waals surface area contributed by atoms with E-state index in [-0.39, 0.29) is 0 Å². The molecule has 9 aromatic rings. The highest BCUT2D eigenvalue weighted by atomic mass is 16.5. The Bertz CT molecular complexity index is 2820. The highest BCUT2D eigenvalue weighted by molar-refractivity contribution is 6.24. The molecule has 0 atom stereocenters. The monoisotopic (exact) mass is 630 g/mol. The fraction of sp³-hybridized carbons (Fsp3) is 0.0227. The van der Waals surface area contributed by atoms with E-state index in [0.29, 0.717) is 18.1 Å². The molecule has 0 amide bonds. The molecule has 232 valence electrons. The van der Waals surface area contributed by atoms with Crippen LogP contribution in [0.5, 0.6) is 5.75 Å². The number of rotatable bonds is 4. The highest BCUT2D eigenvalue weighted by Crippen LogP contribution is 2.41. The molecule has 1 aliphatic heterocycles. The summed E-state index contributed by atoms with van der Waals surface area (Å²) < 4.78 is 11.3. The van der Waals surface area contributed by atoms with Crippen LogP contribution in [0, 0.1) is 0 Å². The Labute approximate surface area is 282 Å². The van der Waals surface area contributed by atoms with E-state index in [9.17, 15) is 0 Å². The lowest BCUT2D eigenvalue weighted by Crippen LogP contribution is -2.11. The van der Waals surface area contributed by atoms with Crippen LogP contribution in [0.1, 0.15) is 11.1 Å². The fourth-order valence-electron chi connectivity index (χ4n) is 7.58. The van der Waals surface area contributed by atoms with Crippen molar-refractivity contribution in [3.8, 4) is 11.4 Å². The Kier molecular flexibility index (Phi) is 6.02. The zero-order chi connectivity index (χ0) is 32.5. The topological polar surface area (TPSA) is 57.5 Å². The number of fused-ring (bicyclic) bond motifs is 9. The van der Waals surface area contributed by atoms with Crippen molar-refractivity contribution >= 4 is 65.8 Å². The van der Waals surface area contributed by atoms with Gasteiger partial charge in [-0.3, -0.25) is 4.99 Å². The summed E-state index contributed by atoms with van der Waals surface area (Å²) in [5.74, 6) is 1.35. The van der Waals surface area contributed by atoms with E-state index in [1.165, 1.54) is 27.1 Å². The van der Waals surface area contributed by atoms with Gasteiger partial charge in [-0.15, -0.1) is 0 Å². The zero-order valence-corrected chi connectivity index (χ0v) is 26.5. The Morgan fingerprint density at radius 2 is 1.16 bits per heavy atom. The molecular weight excluding hydrogens is 601 g/mol. The number of nitrogens with zero attached hydrogens (tertiary/aromatic N) is 3. The number of para-hydroxylation sites is 3. The summed E-state index contributed by atoms with van der Waals surface area (Å²) in [5, 5.41) is 7.05. The van der Waals surface area contributed by atoms with Gasteiger partial charge in [-0.2, -0.15) is 0 Å². The quantitative estimate of drug-likeness (QED) is 0.210. The summed E-state index contributed by atoms with van der Waals surface area (Å²) >= 11 is 0. The average molecular weight is 631 g/mol. The number of ether oxygens (including phenoxy) is 1. The van der Waals surface area contributed by atoms with Crippen molar-refractivity contribution in [1.82, 2.24) is 9.13 Å². The number of aliphatic imine (C=N–C) groups is 1. The molecule has 0 spiro atoms. The molecule has 2 N–H and O–H groups in total. The van der Waals surface area contributed by atoms with Gasteiger partial charge in [-0.25, -0.2) is 0 Å². The van der Waals surface area contributed by atoms with Crippen molar-refractivity contribution in [3.05, 3.63) is 175 Å². The van der Waals surface area contributed by atoms with E-state index in [0.717, 1.165) is 55.6 Å². The predicted molar refractivity (Wildman–Crippen MR) is 202 cm³/mol. The van der Waals surface area contributed by atoms with Crippen molar-refractivity contribution in [1.29, 1.82) is 0 Å². The number of aromatic nitrogens is 2. The third-order valence-electron chi connectivity index (χ3n) is 9.81. The third kappa shape index (κ3) is 4.16. The van der Waals surface area contributed by atoms with E-state index in [2.05, 4.69) is 130 Å². The van der Waals surface area contributed by atoms with Gasteiger partial charge >= 0.3 is 0 Å². The molecule has 0 saturated carbocycles. The molecule has 5 heteroatoms. The molecule has 0 unspecified atom stereocenters. The van der Waals surface area contributed by atoms with Crippen LogP contribution in [0.2, 0.25) is 0 Å². The Morgan fingerprint density at radius 1 is 0.571 bits per heavy atom. The number of hydrogen-bond donors (Lipinski definition) is 1. The molecule has 49 heavy (non-hydrogen) atoms. The molecule has 0 aliphatic carbocycles. The average Bonchev–Trinajstić information content (AvgIpc) is 3.80. The molecule has 0 fully saturated rings. The first-order chi connectivity index (χ1) is 24.2. The Hall–Kier alpha value is -6.59. The summed E-state index contributed by atoms with van der Waals surface area (Å²) in [4.78, 5) is 5.41. The molecule has 5 nitrogen and oxygen atoms in total. The second kappa shape index (κ2) is 10.7. The van der Waals surface area contributed by atoms with Crippen molar-refractivity contribution in [2.45, 2.75) is 6.67 Å². The second-order valence-corrected chi connectivity index (χ2v) is 12.5. The highest BCUT2D eigenvalue weighted by Gasteiger charge is 2.29. The SMILES string of the molecule is N/C(=C1/Oc2cc3ccccc3cc2/C1=N/Cn1c2ccccc2c2ccc3c4ccccc4n(-c4ccccc4)c3c21)c1ccccc1. The van der Waals surface area contributed by atoms with Crippen molar-refractivity contribution in [2.75, 3.05) is 0 Å². The van der Waals surface area contributed by atoms with Gasteiger partial charge in [0.1, 0.15) is 18.1 Å². The van der Waals surface area contributed by atoms with Crippen LogP contribution in [-0.4, -0.2) is 14.8 Å². The molecule has 0 radical (unpaired) electrons. The van der Waals surface area contributed by atoms with Crippen LogP contribution in [0.4, 0.5) is 0 Å². The summed E-state index contributed by atoms with van der Waals surface area (Å²) in [5.41, 5.74) is 15.8. The van der Waals surface area contributed by atoms with Gasteiger partial charge in [-0.1, -0.05) is 121 Å². The molecular formula is C44H30N4O. The zero-order valence-electron chi connectivity index (χ0n) is 26.5. The van der Waals surface area contributed by atoms with Gasteiger partial charge in [0.05, 0.1) is 27.8 Å². The fourth-order valence-corrected chi connectivity index (χ4v) is 7.58. The Balaban J connectivity index is 1.27. The normalized spacial score (nSPS) is 14.7. The van der Waals surface area contributed by atoms with Crippen molar-refractivity contribution < 1.29 is 4.74 Å². The maximum Gasteiger partial charge on any atom is 0.176 e. The van der Waals surface area contributed by atoms with Gasteiger partial charge in [0.2, 0.25) is 0 Å². The van der Waals surface area contributed by atoms with Crippen molar-refractivity contribution in [3.63, 3.8) is 0 Å². The number of benzene rings is 7. The molecule has 2 aromatic heterocycles. The minimum atomic E-state index is 0.371. The van der Waals surface area contributed by atoms with Gasteiger partial charge < -0.3 is 19.6 Å². The van der Waals surface area contributed by atoms with E-state index in [1.807, 2.05) is 36.4 Å². The van der Waals surface area contributed by atoms with Gasteiger partial charge in [-0.05, 0) is 47.2 Å². The van der Waals surface area contributed by atoms with Gasteiger partial charge in [0.25, 0.3) is 0 Å². The lowest BCUT2D eigenvalue weighted by atomic mass is 10.0. The first-order valence-corrected chi connectivity index (χ1v) is 16.5. The first-order valence-electron chi connectivity index (χ1n) is 16.5. The minimum absolute atomic E-state index is 0.371. The van der Waals surface area contributed by atoms with E-state index >= 15 is 0 Å². The molecule has 3 heterocycles. The largest absolute Gasteiger partial charge is 0.452 e. The molecule has 0 bridgehead atoms. The third-order valence-corrected chi connectivity index (χ3v) is 9.81. The minimum Gasteiger partial charge on any atom is -0.452 e. The molecule has 0 saturated heterocycles. The summed E-state index contributed by atoms with van der Waals surface area (Å²) in [6.45, 7) is 0.371. The Morgan fingerprint density at radius 3 is 1.92 bits per heavy atom. The van der Waals surface area contributed by atoms with E-state index in [1.54, 1.807) is 0 Å². The van der Waals surface area contributed by atoms with Crippen LogP contribution in [0.3, 0.4) is 0 Å². The van der Waals surface area contributed by atoms with Gasteiger partial charge in [0, 0.05) is 38.4 Å². The lowest BCUT2D eigenvalue weighted by molar-refractivity contribution is 0.470. The number of allylic oxidation sites excluding steroid dienone is 1. The summed E-state index contributed by atoms with van der Waals surface area (Å²) in [6.07, 6.45) is 0. The van der Waals surface area contributed by atoms with Gasteiger partial charge in [0.15, 0.2) is 5.76 Å². The van der Waals surface area contributed by atoms with Crippen LogP contribution >= 0.6 is 0 Å². The number of hydrogen-bond acceptors (Lipinski definition) is 3. The van der Waals surface area contributed by atoms with Crippen molar-refractivity contribution in [2.24, 2.45) is 10.7 Å². The van der Waals surface area contributed by atoms with E-state index < -0.39 is 0 Å². The second-order valence-electron chi connectivity index (χ2n) is 12.5. The van der Waals surface area contributed by atoms with Crippen LogP contribution in [-0.2, 0) is 6.67 Å². The molecule has 1 aliphatic rings.